The molecule has 0 amide bonds. The van der Waals surface area contributed by atoms with Crippen LogP contribution in [0.4, 0.5) is 0 Å². The summed E-state index contributed by atoms with van der Waals surface area (Å²) in [6.07, 6.45) is 0. The van der Waals surface area contributed by atoms with Gasteiger partial charge in [-0.15, -0.1) is 10.2 Å². The second-order valence-corrected chi connectivity index (χ2v) is 2.88. The van der Waals surface area contributed by atoms with Gasteiger partial charge in [0, 0.05) is 13.0 Å². The minimum atomic E-state index is 0.380. The van der Waals surface area contributed by atoms with Gasteiger partial charge in [0.15, 0.2) is 0 Å². The Bertz CT molecular complexity index is 229. The Morgan fingerprint density at radius 2 is 2.00 bits per heavy atom. The number of hydrogen-bond donors (Lipinski definition) is 0. The van der Waals surface area contributed by atoms with Gasteiger partial charge in [0.05, 0.1) is 0 Å². The molecule has 10 heavy (non-hydrogen) atoms. The quantitative estimate of drug-likeness (QED) is 0.623. The molecule has 0 aliphatic rings. The lowest BCUT2D eigenvalue weighted by Gasteiger charge is -2.01. The Kier molecular flexibility index (Phi) is 1.94. The van der Waals surface area contributed by atoms with Crippen molar-refractivity contribution in [1.82, 2.24) is 14.8 Å². The Labute approximate surface area is 65.0 Å². The highest BCUT2D eigenvalue weighted by atomic mass is 35.5. The number of nitrogens with zero attached hydrogens (tertiary/aromatic N) is 3. The van der Waals surface area contributed by atoms with Crippen LogP contribution in [0.5, 0.6) is 0 Å². The molecule has 1 aromatic heterocycles. The Morgan fingerprint density at radius 3 is 2.20 bits per heavy atom. The van der Waals surface area contributed by atoms with Crippen molar-refractivity contribution < 1.29 is 0 Å². The van der Waals surface area contributed by atoms with Crippen LogP contribution < -0.4 is 0 Å². The van der Waals surface area contributed by atoms with Crippen LogP contribution in [-0.2, 0) is 7.05 Å². The molecule has 1 aromatic rings. The zero-order valence-electron chi connectivity index (χ0n) is 6.30. The summed E-state index contributed by atoms with van der Waals surface area (Å²) in [6.45, 7) is 4.11. The van der Waals surface area contributed by atoms with Crippen LogP contribution in [0, 0.1) is 0 Å². The maximum Gasteiger partial charge on any atom is 0.224 e. The normalized spacial score (nSPS) is 10.9. The summed E-state index contributed by atoms with van der Waals surface area (Å²) in [7, 11) is 1.86. The van der Waals surface area contributed by atoms with Crippen LogP contribution >= 0.6 is 11.6 Å². The fourth-order valence-electron chi connectivity index (χ4n) is 0.824. The van der Waals surface area contributed by atoms with E-state index in [1.54, 1.807) is 4.57 Å². The average Bonchev–Trinajstić information content (AvgIpc) is 2.14. The van der Waals surface area contributed by atoms with Gasteiger partial charge in [0.25, 0.3) is 0 Å². The highest BCUT2D eigenvalue weighted by molar-refractivity contribution is 6.28. The predicted octanol–water partition coefficient (Wildman–Crippen LogP) is 1.59. The topological polar surface area (TPSA) is 30.7 Å². The molecule has 4 heteroatoms. The van der Waals surface area contributed by atoms with Gasteiger partial charge in [-0.1, -0.05) is 13.8 Å². The minimum Gasteiger partial charge on any atom is -0.305 e. The van der Waals surface area contributed by atoms with Crippen molar-refractivity contribution in [3.63, 3.8) is 0 Å². The lowest BCUT2D eigenvalue weighted by atomic mass is 10.2. The van der Waals surface area contributed by atoms with Gasteiger partial charge in [0.2, 0.25) is 5.28 Å². The van der Waals surface area contributed by atoms with Crippen molar-refractivity contribution in [3.8, 4) is 0 Å². The minimum absolute atomic E-state index is 0.380. The fourth-order valence-corrected chi connectivity index (χ4v) is 0.948. The van der Waals surface area contributed by atoms with Gasteiger partial charge >= 0.3 is 0 Å². The molecule has 0 aromatic carbocycles. The van der Waals surface area contributed by atoms with Crippen LogP contribution in [0.15, 0.2) is 0 Å². The summed E-state index contributed by atoms with van der Waals surface area (Å²) < 4.78 is 1.78. The number of rotatable bonds is 1. The van der Waals surface area contributed by atoms with Crippen molar-refractivity contribution in [2.75, 3.05) is 0 Å². The van der Waals surface area contributed by atoms with Crippen LogP contribution in [0.1, 0.15) is 25.6 Å². The van der Waals surface area contributed by atoms with Crippen LogP contribution in [-0.4, -0.2) is 14.8 Å². The van der Waals surface area contributed by atoms with Crippen molar-refractivity contribution in [1.29, 1.82) is 0 Å². The van der Waals surface area contributed by atoms with Gasteiger partial charge in [-0.05, 0) is 11.6 Å². The van der Waals surface area contributed by atoms with E-state index in [9.17, 15) is 0 Å². The van der Waals surface area contributed by atoms with E-state index in [1.165, 1.54) is 0 Å². The zero-order chi connectivity index (χ0) is 7.72. The molecule has 1 rings (SSSR count). The van der Waals surface area contributed by atoms with Gasteiger partial charge in [-0.25, -0.2) is 0 Å². The van der Waals surface area contributed by atoms with E-state index in [1.807, 2.05) is 7.05 Å². The number of hydrogen-bond acceptors (Lipinski definition) is 2. The van der Waals surface area contributed by atoms with Crippen molar-refractivity contribution in [3.05, 3.63) is 11.1 Å². The largest absolute Gasteiger partial charge is 0.305 e. The summed E-state index contributed by atoms with van der Waals surface area (Å²) in [5.41, 5.74) is 0. The predicted molar refractivity (Wildman–Crippen MR) is 40.1 cm³/mol. The molecular formula is C6H10ClN3. The van der Waals surface area contributed by atoms with Gasteiger partial charge in [-0.3, -0.25) is 0 Å². The standard InChI is InChI=1S/C6H10ClN3/c1-4(2)5-8-9-6(7)10(5)3/h4H,1-3H3. The number of aromatic nitrogens is 3. The molecule has 56 valence electrons. The van der Waals surface area contributed by atoms with E-state index < -0.39 is 0 Å². The van der Waals surface area contributed by atoms with Crippen molar-refractivity contribution >= 4 is 11.6 Å². The first kappa shape index (κ1) is 7.54. The Balaban J connectivity index is 3.05. The second kappa shape index (κ2) is 2.58. The molecule has 0 N–H and O–H groups in total. The highest BCUT2D eigenvalue weighted by Crippen LogP contribution is 2.13. The average molecular weight is 160 g/mol. The molecule has 0 unspecified atom stereocenters. The van der Waals surface area contributed by atoms with E-state index in [2.05, 4.69) is 24.0 Å². The molecule has 3 nitrogen and oxygen atoms in total. The van der Waals surface area contributed by atoms with E-state index >= 15 is 0 Å². The van der Waals surface area contributed by atoms with Crippen LogP contribution in [0.25, 0.3) is 0 Å². The molecule has 0 bridgehead atoms. The first-order chi connectivity index (χ1) is 4.63. The third kappa shape index (κ3) is 1.14. The Morgan fingerprint density at radius 1 is 1.40 bits per heavy atom. The molecule has 1 heterocycles. The Hall–Kier alpha value is -0.570. The lowest BCUT2D eigenvalue weighted by Crippen LogP contribution is -1.99. The highest BCUT2D eigenvalue weighted by Gasteiger charge is 2.08. The maximum atomic E-state index is 5.66. The van der Waals surface area contributed by atoms with E-state index in [-0.39, 0.29) is 0 Å². The molecular weight excluding hydrogens is 150 g/mol. The molecule has 0 saturated carbocycles. The first-order valence-corrected chi connectivity index (χ1v) is 3.55. The van der Waals surface area contributed by atoms with E-state index in [0.717, 1.165) is 5.82 Å². The third-order valence-corrected chi connectivity index (χ3v) is 1.70. The summed E-state index contributed by atoms with van der Waals surface area (Å²) >= 11 is 5.66. The zero-order valence-corrected chi connectivity index (χ0v) is 7.05. The molecule has 0 spiro atoms. The SMILES string of the molecule is CC(C)c1nnc(Cl)n1C. The monoisotopic (exact) mass is 159 g/mol. The summed E-state index contributed by atoms with van der Waals surface area (Å²) in [4.78, 5) is 0. The summed E-state index contributed by atoms with van der Waals surface area (Å²) in [6, 6.07) is 0. The van der Waals surface area contributed by atoms with Crippen molar-refractivity contribution in [2.45, 2.75) is 19.8 Å². The van der Waals surface area contributed by atoms with Crippen LogP contribution in [0.3, 0.4) is 0 Å². The third-order valence-electron chi connectivity index (χ3n) is 1.37. The molecule has 0 aliphatic heterocycles. The van der Waals surface area contributed by atoms with Gasteiger partial charge in [-0.2, -0.15) is 0 Å². The molecule has 0 fully saturated rings. The second-order valence-electron chi connectivity index (χ2n) is 2.54. The first-order valence-electron chi connectivity index (χ1n) is 3.17. The summed E-state index contributed by atoms with van der Waals surface area (Å²) in [5, 5.41) is 8.06. The van der Waals surface area contributed by atoms with Crippen LogP contribution in [0.2, 0.25) is 5.28 Å². The molecule has 0 saturated heterocycles. The lowest BCUT2D eigenvalue weighted by molar-refractivity contribution is 0.709. The van der Waals surface area contributed by atoms with E-state index in [0.29, 0.717) is 11.2 Å². The van der Waals surface area contributed by atoms with Gasteiger partial charge in [0.1, 0.15) is 5.82 Å². The van der Waals surface area contributed by atoms with Crippen molar-refractivity contribution in [2.24, 2.45) is 7.05 Å². The van der Waals surface area contributed by atoms with E-state index in [4.69, 9.17) is 11.6 Å². The smallest absolute Gasteiger partial charge is 0.224 e. The number of halogens is 1. The molecule has 0 atom stereocenters. The summed E-state index contributed by atoms with van der Waals surface area (Å²) in [5.74, 6) is 1.30. The molecule has 0 radical (unpaired) electrons. The fraction of sp³-hybridized carbons (Fsp3) is 0.667. The maximum absolute atomic E-state index is 5.66. The molecule has 0 aliphatic carbocycles. The van der Waals surface area contributed by atoms with Gasteiger partial charge < -0.3 is 4.57 Å².